The highest BCUT2D eigenvalue weighted by molar-refractivity contribution is 5.88. The predicted molar refractivity (Wildman–Crippen MR) is 93.6 cm³/mol. The maximum Gasteiger partial charge on any atom is 0.308 e. The average molecular weight is 347 g/mol. The van der Waals surface area contributed by atoms with Crippen LogP contribution in [-0.4, -0.2) is 73.9 Å². The van der Waals surface area contributed by atoms with Crippen LogP contribution in [0, 0.1) is 5.92 Å². The van der Waals surface area contributed by atoms with Crippen LogP contribution in [0.25, 0.3) is 0 Å². The summed E-state index contributed by atoms with van der Waals surface area (Å²) < 4.78 is 5.25. The highest BCUT2D eigenvalue weighted by Crippen LogP contribution is 2.22. The Kier molecular flexibility index (Phi) is 5.55. The monoisotopic (exact) mass is 347 g/mol. The number of hydrogen-bond donors (Lipinski definition) is 2. The SMILES string of the molecule is CO[C@@H]1CN[C@H](C(=O)N2CCN(c3ccccc3)CC2)[C@@H](C(=O)O)C1. The number of para-hydroxylation sites is 1. The summed E-state index contributed by atoms with van der Waals surface area (Å²) in [5.41, 5.74) is 1.15. The molecule has 7 heteroatoms. The molecule has 3 atom stereocenters. The van der Waals surface area contributed by atoms with Gasteiger partial charge in [-0.25, -0.2) is 0 Å². The second kappa shape index (κ2) is 7.84. The molecule has 0 aromatic heterocycles. The number of carboxylic acid groups (broad SMARTS) is 1. The minimum atomic E-state index is -0.949. The fourth-order valence-electron chi connectivity index (χ4n) is 3.61. The molecular weight excluding hydrogens is 322 g/mol. The number of carbonyl (C=O) groups is 2. The molecule has 25 heavy (non-hydrogen) atoms. The van der Waals surface area contributed by atoms with E-state index in [2.05, 4.69) is 22.3 Å². The average Bonchev–Trinajstić information content (AvgIpc) is 2.67. The standard InChI is InChI=1S/C18H25N3O4/c1-25-14-11-15(18(23)24)16(19-12-14)17(22)21-9-7-20(8-10-21)13-5-3-2-4-6-13/h2-6,14-16,19H,7-12H2,1H3,(H,23,24)/t14-,15-,16-/m0/s1. The Morgan fingerprint density at radius 2 is 1.84 bits per heavy atom. The molecule has 0 saturated carbocycles. The molecule has 3 rings (SSSR count). The van der Waals surface area contributed by atoms with E-state index in [0.717, 1.165) is 18.8 Å². The Bertz CT molecular complexity index is 602. The van der Waals surface area contributed by atoms with Crippen molar-refractivity contribution in [2.45, 2.75) is 18.6 Å². The van der Waals surface area contributed by atoms with Crippen molar-refractivity contribution >= 4 is 17.6 Å². The Hall–Kier alpha value is -2.12. The van der Waals surface area contributed by atoms with E-state index in [1.165, 1.54) is 0 Å². The summed E-state index contributed by atoms with van der Waals surface area (Å²) in [6.07, 6.45) is 0.194. The van der Waals surface area contributed by atoms with Gasteiger partial charge in [-0.05, 0) is 18.6 Å². The smallest absolute Gasteiger partial charge is 0.308 e. The van der Waals surface area contributed by atoms with E-state index < -0.39 is 17.9 Å². The summed E-state index contributed by atoms with van der Waals surface area (Å²) >= 11 is 0. The molecule has 136 valence electrons. The first-order valence-corrected chi connectivity index (χ1v) is 8.68. The normalized spacial score (nSPS) is 27.2. The molecule has 1 aromatic carbocycles. The van der Waals surface area contributed by atoms with E-state index in [0.29, 0.717) is 26.1 Å². The van der Waals surface area contributed by atoms with Gasteiger partial charge in [-0.3, -0.25) is 9.59 Å². The zero-order valence-corrected chi connectivity index (χ0v) is 14.4. The Balaban J connectivity index is 1.61. The number of hydrogen-bond acceptors (Lipinski definition) is 5. The topological polar surface area (TPSA) is 82.1 Å². The van der Waals surface area contributed by atoms with E-state index in [4.69, 9.17) is 4.74 Å². The zero-order chi connectivity index (χ0) is 17.8. The van der Waals surface area contributed by atoms with Crippen molar-refractivity contribution in [1.82, 2.24) is 10.2 Å². The minimum Gasteiger partial charge on any atom is -0.481 e. The number of anilines is 1. The third-order valence-electron chi connectivity index (χ3n) is 5.11. The molecule has 1 amide bonds. The molecule has 2 saturated heterocycles. The van der Waals surface area contributed by atoms with Crippen LogP contribution >= 0.6 is 0 Å². The summed E-state index contributed by atoms with van der Waals surface area (Å²) in [7, 11) is 1.57. The van der Waals surface area contributed by atoms with Gasteiger partial charge in [-0.1, -0.05) is 18.2 Å². The Morgan fingerprint density at radius 3 is 2.44 bits per heavy atom. The van der Waals surface area contributed by atoms with Gasteiger partial charge in [0.2, 0.25) is 5.91 Å². The van der Waals surface area contributed by atoms with Gasteiger partial charge in [0.1, 0.15) is 6.04 Å². The summed E-state index contributed by atoms with van der Waals surface area (Å²) in [4.78, 5) is 28.4. The van der Waals surface area contributed by atoms with E-state index in [1.54, 1.807) is 12.0 Å². The number of carboxylic acids is 1. The van der Waals surface area contributed by atoms with Crippen LogP contribution in [0.4, 0.5) is 5.69 Å². The molecule has 0 spiro atoms. The number of nitrogens with one attached hydrogen (secondary N) is 1. The van der Waals surface area contributed by atoms with Crippen LogP contribution in [-0.2, 0) is 14.3 Å². The number of piperazine rings is 1. The number of ether oxygens (including phenoxy) is 1. The van der Waals surface area contributed by atoms with Crippen molar-refractivity contribution in [1.29, 1.82) is 0 Å². The molecule has 2 aliphatic rings. The van der Waals surface area contributed by atoms with Crippen molar-refractivity contribution in [2.75, 3.05) is 44.7 Å². The third-order valence-corrected chi connectivity index (χ3v) is 5.11. The number of amides is 1. The van der Waals surface area contributed by atoms with Crippen molar-refractivity contribution in [3.05, 3.63) is 30.3 Å². The van der Waals surface area contributed by atoms with Gasteiger partial charge in [0.05, 0.1) is 12.0 Å². The Labute approximate surface area is 147 Å². The first-order chi connectivity index (χ1) is 12.1. The van der Waals surface area contributed by atoms with E-state index in [-0.39, 0.29) is 12.0 Å². The zero-order valence-electron chi connectivity index (χ0n) is 14.4. The van der Waals surface area contributed by atoms with Crippen molar-refractivity contribution in [3.63, 3.8) is 0 Å². The number of nitrogens with zero attached hydrogens (tertiary/aromatic N) is 2. The molecule has 2 fully saturated rings. The van der Waals surface area contributed by atoms with Crippen LogP contribution in [0.3, 0.4) is 0 Å². The summed E-state index contributed by atoms with van der Waals surface area (Å²) in [5, 5.41) is 12.6. The highest BCUT2D eigenvalue weighted by Gasteiger charge is 2.41. The van der Waals surface area contributed by atoms with Gasteiger partial charge in [0, 0.05) is 45.5 Å². The Morgan fingerprint density at radius 1 is 1.16 bits per heavy atom. The molecule has 7 nitrogen and oxygen atoms in total. The van der Waals surface area contributed by atoms with Crippen LogP contribution in [0.5, 0.6) is 0 Å². The number of methoxy groups -OCH3 is 1. The lowest BCUT2D eigenvalue weighted by Gasteiger charge is -2.40. The van der Waals surface area contributed by atoms with Crippen LogP contribution in [0.15, 0.2) is 30.3 Å². The maximum atomic E-state index is 12.8. The van der Waals surface area contributed by atoms with Gasteiger partial charge in [0.25, 0.3) is 0 Å². The molecule has 1 aromatic rings. The second-order valence-corrected chi connectivity index (χ2v) is 6.57. The predicted octanol–water partition coefficient (Wildman–Crippen LogP) is 0.413. The minimum absolute atomic E-state index is 0.116. The molecule has 2 heterocycles. The first kappa shape index (κ1) is 17.7. The number of piperidine rings is 1. The lowest BCUT2D eigenvalue weighted by atomic mass is 9.88. The summed E-state index contributed by atoms with van der Waals surface area (Å²) in [6, 6.07) is 9.44. The number of carbonyl (C=O) groups excluding carboxylic acids is 1. The van der Waals surface area contributed by atoms with Gasteiger partial charge in [-0.15, -0.1) is 0 Å². The number of rotatable bonds is 4. The van der Waals surface area contributed by atoms with Crippen molar-refractivity contribution < 1.29 is 19.4 Å². The fourth-order valence-corrected chi connectivity index (χ4v) is 3.61. The highest BCUT2D eigenvalue weighted by atomic mass is 16.5. The molecule has 0 unspecified atom stereocenters. The summed E-state index contributed by atoms with van der Waals surface area (Å²) in [6.45, 7) is 3.21. The van der Waals surface area contributed by atoms with Crippen LogP contribution in [0.1, 0.15) is 6.42 Å². The largest absolute Gasteiger partial charge is 0.481 e. The molecule has 0 aliphatic carbocycles. The van der Waals surface area contributed by atoms with E-state index >= 15 is 0 Å². The first-order valence-electron chi connectivity index (χ1n) is 8.68. The molecular formula is C18H25N3O4. The second-order valence-electron chi connectivity index (χ2n) is 6.57. The quantitative estimate of drug-likeness (QED) is 0.821. The molecule has 2 aliphatic heterocycles. The number of benzene rings is 1. The van der Waals surface area contributed by atoms with Gasteiger partial charge in [-0.2, -0.15) is 0 Å². The van der Waals surface area contributed by atoms with Gasteiger partial charge in [0.15, 0.2) is 0 Å². The molecule has 0 bridgehead atoms. The molecule has 0 radical (unpaired) electrons. The van der Waals surface area contributed by atoms with E-state index in [9.17, 15) is 14.7 Å². The third kappa shape index (κ3) is 3.93. The molecule has 2 N–H and O–H groups in total. The van der Waals surface area contributed by atoms with Crippen molar-refractivity contribution in [2.24, 2.45) is 5.92 Å². The van der Waals surface area contributed by atoms with Crippen LogP contribution < -0.4 is 10.2 Å². The maximum absolute atomic E-state index is 12.8. The van der Waals surface area contributed by atoms with Crippen molar-refractivity contribution in [3.8, 4) is 0 Å². The van der Waals surface area contributed by atoms with Gasteiger partial charge < -0.3 is 25.0 Å². The fraction of sp³-hybridized carbons (Fsp3) is 0.556. The summed E-state index contributed by atoms with van der Waals surface area (Å²) in [5.74, 6) is -1.82. The lowest BCUT2D eigenvalue weighted by molar-refractivity contribution is -0.151. The van der Waals surface area contributed by atoms with Gasteiger partial charge >= 0.3 is 5.97 Å². The number of aliphatic carboxylic acids is 1. The lowest BCUT2D eigenvalue weighted by Crippen LogP contribution is -2.60. The van der Waals surface area contributed by atoms with E-state index in [1.807, 2.05) is 18.2 Å². The van der Waals surface area contributed by atoms with Crippen LogP contribution in [0.2, 0.25) is 0 Å².